The molecule has 1 N–H and O–H groups in total. The molecular formula is C33H32BrN3O3. The second-order valence-electron chi connectivity index (χ2n) is 11.2. The van der Waals surface area contributed by atoms with Crippen LogP contribution >= 0.6 is 15.9 Å². The second-order valence-corrected chi connectivity index (χ2v) is 12.1. The molecule has 1 unspecified atom stereocenters. The van der Waals surface area contributed by atoms with Crippen molar-refractivity contribution >= 4 is 50.1 Å². The molecule has 0 saturated carbocycles. The zero-order valence-corrected chi connectivity index (χ0v) is 24.4. The number of nitrogens with zero attached hydrogens (tertiary/aromatic N) is 2. The second kappa shape index (κ2) is 11.3. The minimum atomic E-state index is -0.788. The van der Waals surface area contributed by atoms with E-state index in [1.165, 1.54) is 4.90 Å². The van der Waals surface area contributed by atoms with Gasteiger partial charge in [-0.05, 0) is 61.5 Å². The van der Waals surface area contributed by atoms with Crippen molar-refractivity contribution in [2.24, 2.45) is 0 Å². The van der Waals surface area contributed by atoms with Gasteiger partial charge in [0, 0.05) is 33.9 Å². The molecule has 204 valence electrons. The number of hydrogen-bond acceptors (Lipinski definition) is 3. The van der Waals surface area contributed by atoms with E-state index in [1.807, 2.05) is 106 Å². The Morgan fingerprint density at radius 2 is 1.57 bits per heavy atom. The highest BCUT2D eigenvalue weighted by atomic mass is 79.9. The Morgan fingerprint density at radius 1 is 0.900 bits per heavy atom. The summed E-state index contributed by atoms with van der Waals surface area (Å²) in [5.74, 6) is -0.748. The normalized spacial score (nSPS) is 13.4. The van der Waals surface area contributed by atoms with E-state index in [0.717, 1.165) is 26.4 Å². The van der Waals surface area contributed by atoms with Gasteiger partial charge in [-0.25, -0.2) is 0 Å². The van der Waals surface area contributed by atoms with Gasteiger partial charge in [0.25, 0.3) is 5.91 Å². The first kappa shape index (κ1) is 27.6. The molecule has 5 rings (SSSR count). The van der Waals surface area contributed by atoms with Gasteiger partial charge in [0.2, 0.25) is 11.8 Å². The Bertz CT molecular complexity index is 1570. The molecule has 0 saturated heterocycles. The van der Waals surface area contributed by atoms with Crippen LogP contribution in [0, 0.1) is 0 Å². The predicted octanol–water partition coefficient (Wildman–Crippen LogP) is 6.12. The smallest absolute Gasteiger partial charge is 0.259 e. The molecular weight excluding hydrogens is 566 g/mol. The van der Waals surface area contributed by atoms with Crippen molar-refractivity contribution in [1.82, 2.24) is 10.2 Å². The standard InChI is InChI=1S/C33H32BrN3O3/c1-33(2,3)35-31(39)28(19-22-10-5-4-6-11-22)36(20-23-12-7-15-25(34)18-23)29(38)21-37-27-17-9-14-24-13-8-16-26(30(24)27)32(37)40/h4-18,28H,19-21H2,1-3H3,(H,35,39). The van der Waals surface area contributed by atoms with Crippen LogP contribution in [0.5, 0.6) is 0 Å². The predicted molar refractivity (Wildman–Crippen MR) is 162 cm³/mol. The lowest BCUT2D eigenvalue weighted by atomic mass is 10.0. The van der Waals surface area contributed by atoms with Crippen molar-refractivity contribution < 1.29 is 14.4 Å². The summed E-state index contributed by atoms with van der Waals surface area (Å²) in [6.45, 7) is 5.81. The molecule has 0 fully saturated rings. The van der Waals surface area contributed by atoms with Gasteiger partial charge in [0.05, 0.1) is 5.69 Å². The lowest BCUT2D eigenvalue weighted by Crippen LogP contribution is -2.56. The first-order valence-electron chi connectivity index (χ1n) is 13.3. The van der Waals surface area contributed by atoms with Crippen molar-refractivity contribution in [2.75, 3.05) is 11.4 Å². The number of carbonyl (C=O) groups excluding carboxylic acids is 3. The fraction of sp³-hybridized carbons (Fsp3) is 0.242. The molecule has 4 aromatic rings. The van der Waals surface area contributed by atoms with E-state index in [9.17, 15) is 14.4 Å². The summed E-state index contributed by atoms with van der Waals surface area (Å²) in [5, 5.41) is 4.89. The Balaban J connectivity index is 1.53. The molecule has 1 aliphatic rings. The number of amides is 3. The topological polar surface area (TPSA) is 69.7 Å². The van der Waals surface area contributed by atoms with E-state index in [1.54, 1.807) is 11.0 Å². The van der Waals surface area contributed by atoms with Crippen molar-refractivity contribution in [3.8, 4) is 0 Å². The number of rotatable bonds is 8. The average molecular weight is 599 g/mol. The van der Waals surface area contributed by atoms with Crippen LogP contribution in [0.3, 0.4) is 0 Å². The van der Waals surface area contributed by atoms with Gasteiger partial charge in [-0.15, -0.1) is 0 Å². The van der Waals surface area contributed by atoms with Gasteiger partial charge in [0.15, 0.2) is 0 Å². The Hall–Kier alpha value is -3.97. The Kier molecular flexibility index (Phi) is 7.76. The van der Waals surface area contributed by atoms with Gasteiger partial charge < -0.3 is 10.2 Å². The molecule has 0 aromatic heterocycles. The summed E-state index contributed by atoms with van der Waals surface area (Å²) in [7, 11) is 0. The van der Waals surface area contributed by atoms with E-state index in [4.69, 9.17) is 0 Å². The Morgan fingerprint density at radius 3 is 2.27 bits per heavy atom. The highest BCUT2D eigenvalue weighted by molar-refractivity contribution is 9.10. The quantitative estimate of drug-likeness (QED) is 0.266. The number of nitrogens with one attached hydrogen (secondary N) is 1. The van der Waals surface area contributed by atoms with Crippen LogP contribution in [-0.2, 0) is 22.6 Å². The van der Waals surface area contributed by atoms with Crippen molar-refractivity contribution in [3.05, 3.63) is 112 Å². The Labute approximate surface area is 243 Å². The zero-order chi connectivity index (χ0) is 28.4. The molecule has 6 nitrogen and oxygen atoms in total. The molecule has 40 heavy (non-hydrogen) atoms. The third-order valence-electron chi connectivity index (χ3n) is 6.95. The third kappa shape index (κ3) is 5.94. The molecule has 3 amide bonds. The molecule has 0 aliphatic carbocycles. The van der Waals surface area contributed by atoms with Crippen LogP contribution in [0.25, 0.3) is 10.8 Å². The van der Waals surface area contributed by atoms with Crippen LogP contribution in [-0.4, -0.2) is 40.7 Å². The molecule has 1 aliphatic heterocycles. The molecule has 0 bridgehead atoms. The highest BCUT2D eigenvalue weighted by Gasteiger charge is 2.36. The fourth-order valence-electron chi connectivity index (χ4n) is 5.20. The zero-order valence-electron chi connectivity index (χ0n) is 22.9. The van der Waals surface area contributed by atoms with Crippen molar-refractivity contribution in [3.63, 3.8) is 0 Å². The van der Waals surface area contributed by atoms with Crippen LogP contribution in [0.15, 0.2) is 95.5 Å². The van der Waals surface area contributed by atoms with Crippen LogP contribution in [0.2, 0.25) is 0 Å². The van der Waals surface area contributed by atoms with Gasteiger partial charge in [-0.3, -0.25) is 19.3 Å². The maximum Gasteiger partial charge on any atom is 0.259 e. The lowest BCUT2D eigenvalue weighted by Gasteiger charge is -2.34. The number of hydrogen-bond donors (Lipinski definition) is 1. The molecule has 0 spiro atoms. The van der Waals surface area contributed by atoms with Crippen LogP contribution < -0.4 is 10.2 Å². The molecule has 0 radical (unpaired) electrons. The van der Waals surface area contributed by atoms with Crippen molar-refractivity contribution in [2.45, 2.75) is 45.3 Å². The summed E-state index contributed by atoms with van der Waals surface area (Å²) in [4.78, 5) is 44.7. The van der Waals surface area contributed by atoms with Crippen LogP contribution in [0.4, 0.5) is 5.69 Å². The molecule has 1 atom stereocenters. The summed E-state index contributed by atoms with van der Waals surface area (Å²) in [6, 6.07) is 28.0. The maximum absolute atomic E-state index is 14.2. The summed E-state index contributed by atoms with van der Waals surface area (Å²) in [6.07, 6.45) is 0.340. The number of carbonyl (C=O) groups is 3. The molecule has 7 heteroatoms. The van der Waals surface area contributed by atoms with Gasteiger partial charge in [-0.2, -0.15) is 0 Å². The third-order valence-corrected chi connectivity index (χ3v) is 7.45. The van der Waals surface area contributed by atoms with Crippen molar-refractivity contribution in [1.29, 1.82) is 0 Å². The number of halogens is 1. The fourth-order valence-corrected chi connectivity index (χ4v) is 5.65. The van der Waals surface area contributed by atoms with Gasteiger partial charge >= 0.3 is 0 Å². The molecule has 1 heterocycles. The van der Waals surface area contributed by atoms with Gasteiger partial charge in [0.1, 0.15) is 12.6 Å². The monoisotopic (exact) mass is 597 g/mol. The van der Waals surface area contributed by atoms with E-state index in [2.05, 4.69) is 21.2 Å². The average Bonchev–Trinajstić information content (AvgIpc) is 3.18. The van der Waals surface area contributed by atoms with E-state index >= 15 is 0 Å². The highest BCUT2D eigenvalue weighted by Crippen LogP contribution is 2.37. The number of anilines is 1. The molecule has 4 aromatic carbocycles. The van der Waals surface area contributed by atoms with Gasteiger partial charge in [-0.1, -0.05) is 82.7 Å². The first-order chi connectivity index (χ1) is 19.1. The summed E-state index contributed by atoms with van der Waals surface area (Å²) in [5.41, 5.74) is 2.64. The number of benzene rings is 4. The summed E-state index contributed by atoms with van der Waals surface area (Å²) >= 11 is 3.52. The minimum Gasteiger partial charge on any atom is -0.350 e. The van der Waals surface area contributed by atoms with E-state index in [0.29, 0.717) is 17.7 Å². The lowest BCUT2D eigenvalue weighted by molar-refractivity contribution is -0.140. The van der Waals surface area contributed by atoms with Crippen LogP contribution in [0.1, 0.15) is 42.3 Å². The van der Waals surface area contributed by atoms with E-state index < -0.39 is 11.6 Å². The minimum absolute atomic E-state index is 0.172. The first-order valence-corrected chi connectivity index (χ1v) is 14.1. The SMILES string of the molecule is CC(C)(C)NC(=O)C(Cc1ccccc1)N(Cc1cccc(Br)c1)C(=O)CN1C(=O)c2cccc3cccc1c23. The summed E-state index contributed by atoms with van der Waals surface area (Å²) < 4.78 is 0.882. The largest absolute Gasteiger partial charge is 0.350 e. The maximum atomic E-state index is 14.2. The van der Waals surface area contributed by atoms with E-state index in [-0.39, 0.29) is 30.8 Å².